The van der Waals surface area contributed by atoms with Gasteiger partial charge < -0.3 is 24.1 Å². The molecule has 7 nitrogen and oxygen atoms in total. The monoisotopic (exact) mass is 376 g/mol. The fraction of sp³-hybridized carbons (Fsp3) is 0.600. The van der Waals surface area contributed by atoms with Crippen LogP contribution >= 0.6 is 0 Å². The summed E-state index contributed by atoms with van der Waals surface area (Å²) in [4.78, 5) is 24.6. The molecular formula is C20H24O7. The van der Waals surface area contributed by atoms with Crippen molar-refractivity contribution in [2.45, 2.75) is 63.3 Å². The van der Waals surface area contributed by atoms with Crippen LogP contribution in [0.25, 0.3) is 0 Å². The highest BCUT2D eigenvalue weighted by molar-refractivity contribution is 5.92. The van der Waals surface area contributed by atoms with Crippen LogP contribution in [0.5, 0.6) is 0 Å². The second kappa shape index (κ2) is 6.29. The summed E-state index contributed by atoms with van der Waals surface area (Å²) >= 11 is 0. The smallest absolute Gasteiger partial charge is 0.334 e. The van der Waals surface area contributed by atoms with Crippen LogP contribution in [0.1, 0.15) is 27.2 Å². The molecule has 3 fully saturated rings. The van der Waals surface area contributed by atoms with Crippen LogP contribution in [0.15, 0.2) is 35.5 Å². The number of esters is 2. The molecule has 4 rings (SSSR count). The van der Waals surface area contributed by atoms with E-state index in [-0.39, 0.29) is 30.5 Å². The van der Waals surface area contributed by atoms with Crippen LogP contribution in [-0.2, 0) is 28.5 Å². The summed E-state index contributed by atoms with van der Waals surface area (Å²) in [7, 11) is 0. The van der Waals surface area contributed by atoms with Crippen LogP contribution in [-0.4, -0.2) is 59.8 Å². The van der Waals surface area contributed by atoms with Crippen molar-refractivity contribution in [1.29, 1.82) is 0 Å². The molecule has 0 radical (unpaired) electrons. The number of ether oxygens (including phenoxy) is 4. The lowest BCUT2D eigenvalue weighted by Crippen LogP contribution is -2.38. The minimum Gasteiger partial charge on any atom is -0.458 e. The van der Waals surface area contributed by atoms with Crippen molar-refractivity contribution in [1.82, 2.24) is 0 Å². The lowest BCUT2D eigenvalue weighted by Gasteiger charge is -2.28. The number of fused-ring (bicyclic) bond motifs is 4. The molecule has 0 saturated carbocycles. The molecule has 146 valence electrons. The Hall–Kier alpha value is -1.96. The van der Waals surface area contributed by atoms with Gasteiger partial charge in [-0.15, -0.1) is 0 Å². The highest BCUT2D eigenvalue weighted by Crippen LogP contribution is 2.53. The maximum absolute atomic E-state index is 12.4. The van der Waals surface area contributed by atoms with E-state index in [9.17, 15) is 14.7 Å². The molecule has 4 aliphatic rings. The summed E-state index contributed by atoms with van der Waals surface area (Å²) in [5.74, 6) is -1.50. The Morgan fingerprint density at radius 2 is 2.26 bits per heavy atom. The van der Waals surface area contributed by atoms with Crippen molar-refractivity contribution < 1.29 is 33.6 Å². The van der Waals surface area contributed by atoms with Gasteiger partial charge >= 0.3 is 11.9 Å². The number of carbonyl (C=O) groups excluding carboxylic acids is 2. The predicted octanol–water partition coefficient (Wildman–Crippen LogP) is 1.21. The van der Waals surface area contributed by atoms with Gasteiger partial charge in [0.1, 0.15) is 30.5 Å². The van der Waals surface area contributed by atoms with Gasteiger partial charge in [-0.1, -0.05) is 12.7 Å². The number of allylic oxidation sites excluding steroid dienone is 1. The van der Waals surface area contributed by atoms with E-state index in [0.717, 1.165) is 0 Å². The summed E-state index contributed by atoms with van der Waals surface area (Å²) in [6, 6.07) is 0. The van der Waals surface area contributed by atoms with E-state index in [1.54, 1.807) is 26.0 Å². The van der Waals surface area contributed by atoms with Gasteiger partial charge in [-0.05, 0) is 32.4 Å². The lowest BCUT2D eigenvalue weighted by molar-refractivity contribution is -0.148. The molecule has 1 N–H and O–H groups in total. The molecule has 3 saturated heterocycles. The molecule has 0 bridgehead atoms. The zero-order valence-corrected chi connectivity index (χ0v) is 15.6. The molecule has 7 atom stereocenters. The quantitative estimate of drug-likeness (QED) is 0.342. The van der Waals surface area contributed by atoms with Crippen molar-refractivity contribution >= 4 is 11.9 Å². The third kappa shape index (κ3) is 3.03. The summed E-state index contributed by atoms with van der Waals surface area (Å²) in [5, 5.41) is 9.75. The Bertz CT molecular complexity index is 766. The minimum atomic E-state index is -0.667. The maximum Gasteiger partial charge on any atom is 0.334 e. The van der Waals surface area contributed by atoms with Crippen LogP contribution in [0, 0.1) is 5.92 Å². The normalized spacial score (nSPS) is 43.0. The first-order valence-electron chi connectivity index (χ1n) is 9.17. The number of epoxide rings is 2. The van der Waals surface area contributed by atoms with E-state index in [0.29, 0.717) is 17.6 Å². The highest BCUT2D eigenvalue weighted by Gasteiger charge is 2.67. The van der Waals surface area contributed by atoms with Gasteiger partial charge in [0.25, 0.3) is 0 Å². The first kappa shape index (κ1) is 18.4. The number of carbonyl (C=O) groups is 2. The molecule has 3 heterocycles. The Morgan fingerprint density at radius 3 is 2.93 bits per heavy atom. The van der Waals surface area contributed by atoms with Crippen LogP contribution in [0.2, 0.25) is 0 Å². The summed E-state index contributed by atoms with van der Waals surface area (Å²) in [6.45, 7) is 9.04. The van der Waals surface area contributed by atoms with Crippen molar-refractivity contribution in [2.75, 3.05) is 6.61 Å². The van der Waals surface area contributed by atoms with Crippen LogP contribution < -0.4 is 0 Å². The van der Waals surface area contributed by atoms with E-state index in [4.69, 9.17) is 18.9 Å². The SMILES string of the molecule is C=C1C(=O)OC2C=C(CO)C3OC3C3OC3(C)CC(OC(=O)C(C)=CC)C12. The number of hydrogen-bond donors (Lipinski definition) is 1. The van der Waals surface area contributed by atoms with Crippen molar-refractivity contribution in [3.63, 3.8) is 0 Å². The number of aliphatic hydroxyl groups excluding tert-OH is 1. The van der Waals surface area contributed by atoms with Gasteiger partial charge in [-0.3, -0.25) is 0 Å². The predicted molar refractivity (Wildman–Crippen MR) is 93.5 cm³/mol. The summed E-state index contributed by atoms with van der Waals surface area (Å²) in [6.07, 6.45) is 1.97. The van der Waals surface area contributed by atoms with Gasteiger partial charge in [0.05, 0.1) is 18.1 Å². The number of rotatable bonds is 3. The van der Waals surface area contributed by atoms with Gasteiger partial charge in [0, 0.05) is 17.6 Å². The number of hydrogen-bond acceptors (Lipinski definition) is 7. The van der Waals surface area contributed by atoms with Crippen molar-refractivity contribution in [3.8, 4) is 0 Å². The second-order valence-electron chi connectivity index (χ2n) is 7.81. The fourth-order valence-corrected chi connectivity index (χ4v) is 4.11. The molecule has 27 heavy (non-hydrogen) atoms. The average molecular weight is 376 g/mol. The topological polar surface area (TPSA) is 97.9 Å². The molecule has 7 heteroatoms. The molecule has 1 aliphatic carbocycles. The number of aliphatic hydroxyl groups is 1. The zero-order chi connectivity index (χ0) is 19.5. The van der Waals surface area contributed by atoms with E-state index in [1.165, 1.54) is 0 Å². The van der Waals surface area contributed by atoms with Crippen molar-refractivity contribution in [2.24, 2.45) is 5.92 Å². The summed E-state index contributed by atoms with van der Waals surface area (Å²) < 4.78 is 22.8. The molecule has 0 aromatic rings. The maximum atomic E-state index is 12.4. The molecule has 0 amide bonds. The highest BCUT2D eigenvalue weighted by atomic mass is 16.7. The average Bonchev–Trinajstić information content (AvgIpc) is 3.51. The first-order valence-corrected chi connectivity index (χ1v) is 9.17. The third-order valence-electron chi connectivity index (χ3n) is 5.97. The van der Waals surface area contributed by atoms with E-state index >= 15 is 0 Å². The van der Waals surface area contributed by atoms with Crippen LogP contribution in [0.4, 0.5) is 0 Å². The molecule has 0 aromatic carbocycles. The largest absolute Gasteiger partial charge is 0.458 e. The molecule has 3 aliphatic heterocycles. The Morgan fingerprint density at radius 1 is 1.52 bits per heavy atom. The molecular weight excluding hydrogens is 352 g/mol. The fourth-order valence-electron chi connectivity index (χ4n) is 4.11. The Balaban J connectivity index is 1.71. The zero-order valence-electron chi connectivity index (χ0n) is 15.6. The molecule has 0 spiro atoms. The van der Waals surface area contributed by atoms with Gasteiger partial charge in [-0.25, -0.2) is 9.59 Å². The second-order valence-corrected chi connectivity index (χ2v) is 7.81. The first-order chi connectivity index (χ1) is 12.8. The Kier molecular flexibility index (Phi) is 4.29. The van der Waals surface area contributed by atoms with Crippen LogP contribution in [0.3, 0.4) is 0 Å². The molecule has 7 unspecified atom stereocenters. The van der Waals surface area contributed by atoms with E-state index in [2.05, 4.69) is 6.58 Å². The third-order valence-corrected chi connectivity index (χ3v) is 5.97. The lowest BCUT2D eigenvalue weighted by atomic mass is 9.82. The van der Waals surface area contributed by atoms with E-state index in [1.807, 2.05) is 6.92 Å². The van der Waals surface area contributed by atoms with E-state index < -0.39 is 35.7 Å². The standard InChI is InChI=1S/C20H24O7/c1-5-9(2)18(22)25-13-7-20(4)17(27-20)16-15(26-16)11(8-21)6-12-14(13)10(3)19(23)24-12/h5-6,12-17,21H,3,7-8H2,1-2,4H3. The van der Waals surface area contributed by atoms with Gasteiger partial charge in [0.2, 0.25) is 0 Å². The van der Waals surface area contributed by atoms with Gasteiger partial charge in [0.15, 0.2) is 0 Å². The Labute approximate surface area is 157 Å². The molecule has 0 aromatic heterocycles. The minimum absolute atomic E-state index is 0.135. The van der Waals surface area contributed by atoms with Gasteiger partial charge in [-0.2, -0.15) is 0 Å². The summed E-state index contributed by atoms with van der Waals surface area (Å²) in [5.41, 5.74) is 0.865. The van der Waals surface area contributed by atoms with Crippen molar-refractivity contribution in [3.05, 3.63) is 35.5 Å².